The Hall–Kier alpha value is -1.40. The van der Waals surface area contributed by atoms with Crippen molar-refractivity contribution >= 4 is 21.4 Å². The van der Waals surface area contributed by atoms with Crippen LogP contribution in [0.15, 0.2) is 29.2 Å². The predicted molar refractivity (Wildman–Crippen MR) is 90.2 cm³/mol. The first-order valence-corrected chi connectivity index (χ1v) is 9.76. The quantitative estimate of drug-likeness (QED) is 0.865. The number of nitrogens with one attached hydrogen (secondary N) is 1. The summed E-state index contributed by atoms with van der Waals surface area (Å²) >= 11 is 0. The van der Waals surface area contributed by atoms with Gasteiger partial charge in [0.1, 0.15) is 0 Å². The highest BCUT2D eigenvalue weighted by Gasteiger charge is 2.23. The first-order chi connectivity index (χ1) is 10.9. The molecule has 0 radical (unpaired) electrons. The summed E-state index contributed by atoms with van der Waals surface area (Å²) in [4.78, 5) is 11.2. The minimum absolute atomic E-state index is 0.0182. The van der Waals surface area contributed by atoms with Gasteiger partial charge in [-0.1, -0.05) is 19.8 Å². The van der Waals surface area contributed by atoms with Gasteiger partial charge < -0.3 is 10.1 Å². The van der Waals surface area contributed by atoms with Crippen LogP contribution in [0.25, 0.3) is 0 Å². The highest BCUT2D eigenvalue weighted by atomic mass is 32.2. The molecule has 1 aromatic carbocycles. The van der Waals surface area contributed by atoms with Crippen molar-refractivity contribution in [2.24, 2.45) is 5.92 Å². The van der Waals surface area contributed by atoms with E-state index in [-0.39, 0.29) is 29.3 Å². The van der Waals surface area contributed by atoms with Gasteiger partial charge in [0.25, 0.3) is 0 Å². The second-order valence-corrected chi connectivity index (χ2v) is 8.30. The molecule has 23 heavy (non-hydrogen) atoms. The van der Waals surface area contributed by atoms with Crippen molar-refractivity contribution in [2.45, 2.75) is 50.5 Å². The Balaban J connectivity index is 1.89. The largest absolute Gasteiger partial charge is 0.377 e. The topological polar surface area (TPSA) is 72.5 Å². The maximum absolute atomic E-state index is 12.3. The lowest BCUT2D eigenvalue weighted by molar-refractivity contribution is -0.114. The molecule has 5 nitrogen and oxygen atoms in total. The minimum atomic E-state index is -3.36. The normalized spacial score (nSPS) is 21.8. The number of carbonyl (C=O) groups excluding carboxylic acids is 1. The van der Waals surface area contributed by atoms with E-state index in [4.69, 9.17) is 4.74 Å². The van der Waals surface area contributed by atoms with Crippen molar-refractivity contribution in [1.29, 1.82) is 0 Å². The summed E-state index contributed by atoms with van der Waals surface area (Å²) in [6.45, 7) is 3.80. The Labute approximate surface area is 138 Å². The summed E-state index contributed by atoms with van der Waals surface area (Å²) in [5.41, 5.74) is 0.587. The predicted octanol–water partition coefficient (Wildman–Crippen LogP) is 3.01. The molecule has 1 aliphatic carbocycles. The molecule has 1 amide bonds. The van der Waals surface area contributed by atoms with Gasteiger partial charge >= 0.3 is 0 Å². The van der Waals surface area contributed by atoms with Crippen molar-refractivity contribution in [2.75, 3.05) is 17.7 Å². The van der Waals surface area contributed by atoms with Crippen molar-refractivity contribution in [3.8, 4) is 0 Å². The maximum atomic E-state index is 12.3. The van der Waals surface area contributed by atoms with Crippen LogP contribution in [-0.2, 0) is 19.4 Å². The second-order valence-electron chi connectivity index (χ2n) is 6.20. The van der Waals surface area contributed by atoms with Gasteiger partial charge in [-0.15, -0.1) is 0 Å². The lowest BCUT2D eigenvalue weighted by atomic mass is 9.88. The fraction of sp³-hybridized carbons (Fsp3) is 0.588. The van der Waals surface area contributed by atoms with Gasteiger partial charge in [0, 0.05) is 12.6 Å². The second kappa shape index (κ2) is 7.93. The number of benzene rings is 1. The molecule has 2 atom stereocenters. The van der Waals surface area contributed by atoms with E-state index in [1.165, 1.54) is 25.5 Å². The number of carbonyl (C=O) groups is 1. The van der Waals surface area contributed by atoms with Crippen LogP contribution in [0.5, 0.6) is 0 Å². The number of hydrogen-bond acceptors (Lipinski definition) is 4. The number of anilines is 1. The summed E-state index contributed by atoms with van der Waals surface area (Å²) in [7, 11) is -3.36. The third-order valence-electron chi connectivity index (χ3n) is 4.25. The Morgan fingerprint density at radius 1 is 1.22 bits per heavy atom. The molecular formula is C17H25NO4S. The van der Waals surface area contributed by atoms with Gasteiger partial charge in [-0.3, -0.25) is 4.79 Å². The standard InChI is InChI=1S/C17H25NO4S/c1-13-5-3-4-6-17(13)22-11-12-23(20,21)16-9-7-15(8-10-16)18-14(2)19/h7-10,13,17H,3-6,11-12H2,1-2H3,(H,18,19)/t13-,17-/m0/s1. The molecule has 2 rings (SSSR count). The van der Waals surface area contributed by atoms with Crippen LogP contribution in [0.2, 0.25) is 0 Å². The van der Waals surface area contributed by atoms with Crippen LogP contribution < -0.4 is 5.32 Å². The van der Waals surface area contributed by atoms with Gasteiger partial charge in [-0.05, 0) is 43.0 Å². The third kappa shape index (κ3) is 5.32. The Morgan fingerprint density at radius 3 is 2.48 bits per heavy atom. The molecule has 1 aromatic rings. The smallest absolute Gasteiger partial charge is 0.221 e. The van der Waals surface area contributed by atoms with Crippen molar-refractivity contribution in [3.05, 3.63) is 24.3 Å². The molecule has 1 fully saturated rings. The maximum Gasteiger partial charge on any atom is 0.221 e. The summed E-state index contributed by atoms with van der Waals surface area (Å²) in [5, 5.41) is 2.62. The molecule has 0 aromatic heterocycles. The fourth-order valence-corrected chi connectivity index (χ4v) is 4.01. The highest BCUT2D eigenvalue weighted by Crippen LogP contribution is 2.26. The van der Waals surface area contributed by atoms with E-state index in [1.807, 2.05) is 0 Å². The monoisotopic (exact) mass is 339 g/mol. The van der Waals surface area contributed by atoms with Crippen LogP contribution in [0.1, 0.15) is 39.5 Å². The summed E-state index contributed by atoms with van der Waals surface area (Å²) in [5.74, 6) is 0.300. The SMILES string of the molecule is CC(=O)Nc1ccc(S(=O)(=O)CCO[C@H]2CCCC[C@@H]2C)cc1. The van der Waals surface area contributed by atoms with Crippen molar-refractivity contribution in [3.63, 3.8) is 0 Å². The van der Waals surface area contributed by atoms with Crippen LogP contribution >= 0.6 is 0 Å². The molecule has 0 aliphatic heterocycles. The van der Waals surface area contributed by atoms with E-state index in [0.717, 1.165) is 19.3 Å². The van der Waals surface area contributed by atoms with Crippen LogP contribution in [0.3, 0.4) is 0 Å². The number of hydrogen-bond donors (Lipinski definition) is 1. The van der Waals surface area contributed by atoms with Gasteiger partial charge in [0.2, 0.25) is 5.91 Å². The Kier molecular flexibility index (Phi) is 6.18. The zero-order chi connectivity index (χ0) is 16.9. The molecule has 1 aliphatic rings. The summed E-state index contributed by atoms with van der Waals surface area (Å²) in [6, 6.07) is 6.23. The van der Waals surface area contributed by atoms with E-state index < -0.39 is 9.84 Å². The lowest BCUT2D eigenvalue weighted by Crippen LogP contribution is -2.27. The van der Waals surface area contributed by atoms with Crippen LogP contribution in [0, 0.1) is 5.92 Å². The first-order valence-electron chi connectivity index (χ1n) is 8.10. The van der Waals surface area contributed by atoms with Gasteiger partial charge in [0.05, 0.1) is 23.4 Å². The zero-order valence-electron chi connectivity index (χ0n) is 13.7. The summed E-state index contributed by atoms with van der Waals surface area (Å²) < 4.78 is 30.4. The van der Waals surface area contributed by atoms with Crippen LogP contribution in [-0.4, -0.2) is 32.8 Å². The van der Waals surface area contributed by atoms with Gasteiger partial charge in [0.15, 0.2) is 9.84 Å². The average Bonchev–Trinajstić information content (AvgIpc) is 2.49. The molecule has 0 heterocycles. The van der Waals surface area contributed by atoms with E-state index in [2.05, 4.69) is 12.2 Å². The van der Waals surface area contributed by atoms with E-state index in [9.17, 15) is 13.2 Å². The third-order valence-corrected chi connectivity index (χ3v) is 5.95. The highest BCUT2D eigenvalue weighted by molar-refractivity contribution is 7.91. The van der Waals surface area contributed by atoms with Gasteiger partial charge in [-0.25, -0.2) is 8.42 Å². The molecule has 0 bridgehead atoms. The van der Waals surface area contributed by atoms with Gasteiger partial charge in [-0.2, -0.15) is 0 Å². The molecule has 0 spiro atoms. The molecule has 1 N–H and O–H groups in total. The molecule has 6 heteroatoms. The lowest BCUT2D eigenvalue weighted by Gasteiger charge is -2.28. The molecule has 0 unspecified atom stereocenters. The average molecular weight is 339 g/mol. The van der Waals surface area contributed by atoms with E-state index in [1.54, 1.807) is 12.1 Å². The van der Waals surface area contributed by atoms with Crippen molar-refractivity contribution < 1.29 is 17.9 Å². The van der Waals surface area contributed by atoms with E-state index >= 15 is 0 Å². The minimum Gasteiger partial charge on any atom is -0.377 e. The molecular weight excluding hydrogens is 314 g/mol. The molecule has 0 saturated heterocycles. The fourth-order valence-electron chi connectivity index (χ4n) is 2.91. The number of rotatable bonds is 6. The first kappa shape index (κ1) is 17.9. The Bertz CT molecular complexity index is 624. The Morgan fingerprint density at radius 2 is 1.87 bits per heavy atom. The zero-order valence-corrected chi connectivity index (χ0v) is 14.6. The molecule has 1 saturated carbocycles. The number of ether oxygens (including phenoxy) is 1. The summed E-state index contributed by atoms with van der Waals surface area (Å²) in [6.07, 6.45) is 4.75. The van der Waals surface area contributed by atoms with E-state index in [0.29, 0.717) is 11.6 Å². The molecule has 128 valence electrons. The number of sulfone groups is 1. The van der Waals surface area contributed by atoms with Crippen LogP contribution in [0.4, 0.5) is 5.69 Å². The number of amides is 1. The van der Waals surface area contributed by atoms with Crippen molar-refractivity contribution in [1.82, 2.24) is 0 Å².